The van der Waals surface area contributed by atoms with E-state index in [1.54, 1.807) is 0 Å². The summed E-state index contributed by atoms with van der Waals surface area (Å²) in [5.74, 6) is 0.382. The molecule has 0 heterocycles. The molecule has 0 atom stereocenters. The van der Waals surface area contributed by atoms with Gasteiger partial charge in [0.05, 0.1) is 11.1 Å². The summed E-state index contributed by atoms with van der Waals surface area (Å²) in [7, 11) is 0. The van der Waals surface area contributed by atoms with Gasteiger partial charge < -0.3 is 9.84 Å². The van der Waals surface area contributed by atoms with Crippen molar-refractivity contribution in [2.24, 2.45) is 5.92 Å². The number of carbonyl (C=O) groups excluding carboxylic acids is 1. The topological polar surface area (TPSA) is 63.6 Å². The Bertz CT molecular complexity index is 831. The minimum Gasteiger partial charge on any atom is -0.478 e. The summed E-state index contributed by atoms with van der Waals surface area (Å²) in [6.45, 7) is 2.26. The fraction of sp³-hybridized carbons (Fsp3) is 0.481. The van der Waals surface area contributed by atoms with Crippen LogP contribution in [-0.2, 0) is 0 Å². The molecule has 1 N–H and O–H groups in total. The van der Waals surface area contributed by atoms with Gasteiger partial charge in [0.2, 0.25) is 0 Å². The number of aromatic carboxylic acids is 1. The van der Waals surface area contributed by atoms with Gasteiger partial charge in [0.25, 0.3) is 0 Å². The largest absolute Gasteiger partial charge is 0.478 e. The van der Waals surface area contributed by atoms with Crippen molar-refractivity contribution in [1.82, 2.24) is 0 Å². The molecule has 0 bridgehead atoms. The van der Waals surface area contributed by atoms with Crippen molar-refractivity contribution in [3.05, 3.63) is 65.2 Å². The van der Waals surface area contributed by atoms with Crippen molar-refractivity contribution in [2.45, 2.75) is 77.0 Å². The summed E-state index contributed by atoms with van der Waals surface area (Å²) in [5.41, 5.74) is 1.98. The van der Waals surface area contributed by atoms with Gasteiger partial charge in [0.15, 0.2) is 0 Å². The number of carboxylic acid groups (broad SMARTS) is 1. The molecular formula is C27H34O4. The fourth-order valence-corrected chi connectivity index (χ4v) is 4.54. The maximum atomic E-state index is 12.4. The van der Waals surface area contributed by atoms with Crippen LogP contribution in [0.2, 0.25) is 0 Å². The molecule has 1 aliphatic carbocycles. The van der Waals surface area contributed by atoms with E-state index in [1.807, 2.05) is 12.1 Å². The second kappa shape index (κ2) is 11.7. The van der Waals surface area contributed by atoms with Crippen molar-refractivity contribution >= 4 is 11.9 Å². The minimum atomic E-state index is -1.01. The Morgan fingerprint density at radius 1 is 0.839 bits per heavy atom. The van der Waals surface area contributed by atoms with Crippen LogP contribution in [0.5, 0.6) is 5.75 Å². The summed E-state index contributed by atoms with van der Waals surface area (Å²) in [6, 6.07) is 13.6. The van der Waals surface area contributed by atoms with Gasteiger partial charge in [0, 0.05) is 0 Å². The van der Waals surface area contributed by atoms with E-state index < -0.39 is 11.9 Å². The molecule has 166 valence electrons. The molecule has 2 aromatic rings. The average Bonchev–Trinajstić information content (AvgIpc) is 2.80. The van der Waals surface area contributed by atoms with Crippen molar-refractivity contribution in [3.63, 3.8) is 0 Å². The maximum Gasteiger partial charge on any atom is 0.343 e. The van der Waals surface area contributed by atoms with Gasteiger partial charge in [0.1, 0.15) is 5.75 Å². The summed E-state index contributed by atoms with van der Waals surface area (Å²) in [5, 5.41) is 8.94. The first kappa shape index (κ1) is 23.1. The highest BCUT2D eigenvalue weighted by Gasteiger charge is 2.22. The van der Waals surface area contributed by atoms with Crippen molar-refractivity contribution < 1.29 is 19.4 Å². The highest BCUT2D eigenvalue weighted by Crippen LogP contribution is 2.37. The standard InChI is InChI=1S/C27H34O4/c1-2-3-4-5-6-7-20-8-10-21(11-9-20)22-12-14-24(15-13-22)27(30)31-25-18-16-23(17-19-25)26(28)29/h12-21H,2-11H2,1H3,(H,28,29). The molecule has 1 fully saturated rings. The zero-order chi connectivity index (χ0) is 22.1. The lowest BCUT2D eigenvalue weighted by Crippen LogP contribution is -2.14. The second-order valence-corrected chi connectivity index (χ2v) is 8.76. The van der Waals surface area contributed by atoms with E-state index in [2.05, 4.69) is 19.1 Å². The predicted molar refractivity (Wildman–Crippen MR) is 123 cm³/mol. The third kappa shape index (κ3) is 6.95. The van der Waals surface area contributed by atoms with Crippen molar-refractivity contribution in [3.8, 4) is 5.75 Å². The molecule has 0 saturated heterocycles. The lowest BCUT2D eigenvalue weighted by molar-refractivity contribution is 0.0696. The zero-order valence-corrected chi connectivity index (χ0v) is 18.5. The van der Waals surface area contributed by atoms with Crippen molar-refractivity contribution in [1.29, 1.82) is 0 Å². The minimum absolute atomic E-state index is 0.162. The van der Waals surface area contributed by atoms with Crippen molar-refractivity contribution in [2.75, 3.05) is 0 Å². The molecule has 1 saturated carbocycles. The number of unbranched alkanes of at least 4 members (excludes halogenated alkanes) is 4. The molecule has 4 nitrogen and oxygen atoms in total. The molecule has 3 rings (SSSR count). The molecule has 1 aliphatic rings. The maximum absolute atomic E-state index is 12.4. The molecular weight excluding hydrogens is 388 g/mol. The first-order valence-electron chi connectivity index (χ1n) is 11.7. The Kier molecular flexibility index (Phi) is 8.69. The van der Waals surface area contributed by atoms with Crippen LogP contribution < -0.4 is 4.74 Å². The van der Waals surface area contributed by atoms with E-state index in [-0.39, 0.29) is 5.56 Å². The lowest BCUT2D eigenvalue weighted by Gasteiger charge is -2.29. The molecule has 0 radical (unpaired) electrons. The van der Waals surface area contributed by atoms with Gasteiger partial charge >= 0.3 is 11.9 Å². The second-order valence-electron chi connectivity index (χ2n) is 8.76. The zero-order valence-electron chi connectivity index (χ0n) is 18.5. The molecule has 0 aromatic heterocycles. The summed E-state index contributed by atoms with van der Waals surface area (Å²) >= 11 is 0. The number of ether oxygens (including phenoxy) is 1. The Balaban J connectivity index is 1.45. The van der Waals surface area contributed by atoms with E-state index in [0.717, 1.165) is 5.92 Å². The number of carbonyl (C=O) groups is 2. The molecule has 31 heavy (non-hydrogen) atoms. The van der Waals surface area contributed by atoms with Gasteiger partial charge in [-0.25, -0.2) is 9.59 Å². The molecule has 2 aromatic carbocycles. The van der Waals surface area contributed by atoms with E-state index in [4.69, 9.17) is 9.84 Å². The molecule has 4 heteroatoms. The first-order valence-corrected chi connectivity index (χ1v) is 11.7. The SMILES string of the molecule is CCCCCCCC1CCC(c2ccc(C(=O)Oc3ccc(C(=O)O)cc3)cc2)CC1. The Hall–Kier alpha value is -2.62. The van der Waals surface area contributed by atoms with Crippen LogP contribution in [0.3, 0.4) is 0 Å². The molecule has 0 spiro atoms. The van der Waals surface area contributed by atoms with Gasteiger partial charge in [-0.3, -0.25) is 0 Å². The van der Waals surface area contributed by atoms with Gasteiger partial charge in [-0.1, -0.05) is 57.6 Å². The number of rotatable bonds is 10. The van der Waals surface area contributed by atoms with E-state index in [9.17, 15) is 9.59 Å². The highest BCUT2D eigenvalue weighted by molar-refractivity contribution is 5.91. The molecule has 0 aliphatic heterocycles. The normalized spacial score (nSPS) is 18.5. The number of carboxylic acids is 1. The van der Waals surface area contributed by atoms with E-state index >= 15 is 0 Å². The summed E-state index contributed by atoms with van der Waals surface area (Å²) < 4.78 is 5.36. The van der Waals surface area contributed by atoms with Gasteiger partial charge in [-0.2, -0.15) is 0 Å². The quantitative estimate of drug-likeness (QED) is 0.249. The lowest BCUT2D eigenvalue weighted by atomic mass is 9.77. The number of esters is 1. The van der Waals surface area contributed by atoms with E-state index in [0.29, 0.717) is 17.2 Å². The van der Waals surface area contributed by atoms with Crippen LogP contribution in [0.1, 0.15) is 103 Å². The molecule has 0 amide bonds. The van der Waals surface area contributed by atoms with Gasteiger partial charge in [-0.15, -0.1) is 0 Å². The van der Waals surface area contributed by atoms with E-state index in [1.165, 1.54) is 94.0 Å². The monoisotopic (exact) mass is 422 g/mol. The van der Waals surface area contributed by atoms with Crippen LogP contribution in [0.25, 0.3) is 0 Å². The Morgan fingerprint density at radius 3 is 2.06 bits per heavy atom. The number of hydrogen-bond donors (Lipinski definition) is 1. The fourth-order valence-electron chi connectivity index (χ4n) is 4.54. The van der Waals surface area contributed by atoms with Crippen LogP contribution >= 0.6 is 0 Å². The average molecular weight is 423 g/mol. The van der Waals surface area contributed by atoms with Gasteiger partial charge in [-0.05, 0) is 79.5 Å². The number of hydrogen-bond acceptors (Lipinski definition) is 3. The van der Waals surface area contributed by atoms with Crippen LogP contribution in [-0.4, -0.2) is 17.0 Å². The van der Waals surface area contributed by atoms with Crippen LogP contribution in [0.15, 0.2) is 48.5 Å². The van der Waals surface area contributed by atoms with Crippen LogP contribution in [0.4, 0.5) is 0 Å². The number of benzene rings is 2. The predicted octanol–water partition coefficient (Wildman–Crippen LogP) is 7.24. The third-order valence-electron chi connectivity index (χ3n) is 6.49. The highest BCUT2D eigenvalue weighted by atomic mass is 16.5. The first-order chi connectivity index (χ1) is 15.1. The third-order valence-corrected chi connectivity index (χ3v) is 6.49. The summed E-state index contributed by atoms with van der Waals surface area (Å²) in [6.07, 6.45) is 13.3. The smallest absolute Gasteiger partial charge is 0.343 e. The molecule has 0 unspecified atom stereocenters. The van der Waals surface area contributed by atoms with Crippen LogP contribution in [0, 0.1) is 5.92 Å². The Labute approximate surface area is 185 Å². The Morgan fingerprint density at radius 2 is 1.45 bits per heavy atom. The summed E-state index contributed by atoms with van der Waals surface area (Å²) in [4.78, 5) is 23.3.